The van der Waals surface area contributed by atoms with Gasteiger partial charge in [0.05, 0.1) is 6.61 Å². The quantitative estimate of drug-likeness (QED) is 0.630. The summed E-state index contributed by atoms with van der Waals surface area (Å²) in [6, 6.07) is 18.6. The van der Waals surface area contributed by atoms with Crippen LogP contribution in [0.3, 0.4) is 0 Å². The number of hydrogen-bond acceptors (Lipinski definition) is 3. The molecule has 3 rings (SSSR count). The molecule has 0 saturated heterocycles. The molecule has 1 atom stereocenters. The molecule has 0 spiro atoms. The lowest BCUT2D eigenvalue weighted by Gasteiger charge is -2.18. The first-order valence-electron chi connectivity index (χ1n) is 8.93. The first kappa shape index (κ1) is 18.4. The first-order valence-corrected chi connectivity index (χ1v) is 8.93. The fraction of sp³-hybridized carbons (Fsp3) is 0.273. The summed E-state index contributed by atoms with van der Waals surface area (Å²) in [5, 5.41) is 15.1. The van der Waals surface area contributed by atoms with Crippen LogP contribution in [-0.4, -0.2) is 17.8 Å². The van der Waals surface area contributed by atoms with Gasteiger partial charge >= 0.3 is 0 Å². The predicted octanol–water partition coefficient (Wildman–Crippen LogP) is 4.42. The van der Waals surface area contributed by atoms with Crippen molar-refractivity contribution in [2.75, 3.05) is 6.61 Å². The van der Waals surface area contributed by atoms with Crippen molar-refractivity contribution < 1.29 is 14.2 Å². The Morgan fingerprint density at radius 2 is 1.81 bits per heavy atom. The van der Waals surface area contributed by atoms with Crippen LogP contribution in [-0.2, 0) is 13.2 Å². The Bertz CT molecular complexity index is 844. The van der Waals surface area contributed by atoms with Gasteiger partial charge in [-0.3, -0.25) is 0 Å². The van der Waals surface area contributed by atoms with Gasteiger partial charge in [0.2, 0.25) is 0 Å². The maximum Gasteiger partial charge on any atom is 0.124 e. The summed E-state index contributed by atoms with van der Waals surface area (Å²) in [5.41, 5.74) is 1.98. The smallest absolute Gasteiger partial charge is 0.124 e. The molecule has 0 radical (unpaired) electrons. The molecule has 3 nitrogen and oxygen atoms in total. The summed E-state index contributed by atoms with van der Waals surface area (Å²) in [4.78, 5) is 0. The minimum Gasteiger partial charge on any atom is -0.489 e. The van der Waals surface area contributed by atoms with Gasteiger partial charge in [0.25, 0.3) is 0 Å². The molecule has 0 aliphatic heterocycles. The van der Waals surface area contributed by atoms with Crippen molar-refractivity contribution in [1.82, 2.24) is 5.32 Å². The van der Waals surface area contributed by atoms with Gasteiger partial charge in [0, 0.05) is 18.2 Å². The van der Waals surface area contributed by atoms with Crippen molar-refractivity contribution in [2.45, 2.75) is 32.5 Å². The van der Waals surface area contributed by atoms with Crippen molar-refractivity contribution in [2.24, 2.45) is 0 Å². The van der Waals surface area contributed by atoms with Crippen molar-refractivity contribution in [3.63, 3.8) is 0 Å². The van der Waals surface area contributed by atoms with Gasteiger partial charge in [-0.15, -0.1) is 0 Å². The summed E-state index contributed by atoms with van der Waals surface area (Å²) in [5.74, 6) is 0.548. The van der Waals surface area contributed by atoms with Gasteiger partial charge < -0.3 is 15.2 Å². The van der Waals surface area contributed by atoms with Crippen molar-refractivity contribution in [1.29, 1.82) is 0 Å². The number of aliphatic hydroxyl groups excluding tert-OH is 1. The van der Waals surface area contributed by atoms with E-state index in [0.29, 0.717) is 13.2 Å². The second kappa shape index (κ2) is 8.79. The Kier molecular flexibility index (Phi) is 6.21. The number of ether oxygens (including phenoxy) is 1. The van der Waals surface area contributed by atoms with Crippen LogP contribution in [0.15, 0.2) is 60.7 Å². The third kappa shape index (κ3) is 4.40. The maximum absolute atomic E-state index is 13.1. The first-order chi connectivity index (χ1) is 12.7. The van der Waals surface area contributed by atoms with Gasteiger partial charge in [0.1, 0.15) is 18.2 Å². The van der Waals surface area contributed by atoms with Gasteiger partial charge in [0.15, 0.2) is 0 Å². The van der Waals surface area contributed by atoms with Crippen LogP contribution in [0, 0.1) is 5.82 Å². The van der Waals surface area contributed by atoms with E-state index in [-0.39, 0.29) is 18.5 Å². The van der Waals surface area contributed by atoms with Gasteiger partial charge in [-0.05, 0) is 41.0 Å². The second-order valence-electron chi connectivity index (χ2n) is 6.35. The topological polar surface area (TPSA) is 41.5 Å². The van der Waals surface area contributed by atoms with Crippen LogP contribution in [0.4, 0.5) is 4.39 Å². The molecular weight excluding hydrogens is 329 g/mol. The molecule has 0 amide bonds. The monoisotopic (exact) mass is 353 g/mol. The highest BCUT2D eigenvalue weighted by molar-refractivity contribution is 5.87. The number of hydrogen-bond donors (Lipinski definition) is 2. The highest BCUT2D eigenvalue weighted by atomic mass is 19.1. The maximum atomic E-state index is 13.1. The third-order valence-corrected chi connectivity index (χ3v) is 4.59. The Balaban J connectivity index is 1.85. The van der Waals surface area contributed by atoms with Crippen molar-refractivity contribution >= 4 is 10.8 Å². The summed E-state index contributed by atoms with van der Waals surface area (Å²) < 4.78 is 19.1. The number of fused-ring (bicyclic) bond motifs is 1. The molecule has 3 aromatic carbocycles. The van der Waals surface area contributed by atoms with Crippen LogP contribution in [0.1, 0.15) is 24.5 Å². The lowest BCUT2D eigenvalue weighted by atomic mass is 10.0. The van der Waals surface area contributed by atoms with Crippen LogP contribution < -0.4 is 10.1 Å². The van der Waals surface area contributed by atoms with E-state index < -0.39 is 0 Å². The molecule has 2 N–H and O–H groups in total. The number of benzene rings is 3. The average molecular weight is 353 g/mol. The molecule has 0 aliphatic carbocycles. The van der Waals surface area contributed by atoms with Crippen molar-refractivity contribution in [3.05, 3.63) is 77.6 Å². The SMILES string of the molecule is CC[C@@H](CO)NCc1c(OCc2ccc(F)cc2)ccc2ccccc12. The molecule has 0 bridgehead atoms. The zero-order valence-electron chi connectivity index (χ0n) is 14.9. The Morgan fingerprint density at radius 3 is 2.54 bits per heavy atom. The van der Waals surface area contributed by atoms with E-state index in [2.05, 4.69) is 17.4 Å². The molecule has 4 heteroatoms. The van der Waals surface area contributed by atoms with Gasteiger partial charge in [-0.25, -0.2) is 4.39 Å². The Morgan fingerprint density at radius 1 is 1.04 bits per heavy atom. The van der Waals surface area contributed by atoms with Gasteiger partial charge in [-0.2, -0.15) is 0 Å². The molecule has 26 heavy (non-hydrogen) atoms. The van der Waals surface area contributed by atoms with Crippen LogP contribution in [0.25, 0.3) is 10.8 Å². The molecule has 0 aromatic heterocycles. The van der Waals surface area contributed by atoms with E-state index in [4.69, 9.17) is 4.74 Å². The Hall–Kier alpha value is -2.43. The molecule has 0 heterocycles. The van der Waals surface area contributed by atoms with Crippen molar-refractivity contribution in [3.8, 4) is 5.75 Å². The fourth-order valence-electron chi connectivity index (χ4n) is 2.96. The number of halogens is 1. The number of nitrogens with one attached hydrogen (secondary N) is 1. The molecule has 0 fully saturated rings. The van der Waals surface area contributed by atoms with Gasteiger partial charge in [-0.1, -0.05) is 49.4 Å². The van der Waals surface area contributed by atoms with Crippen LogP contribution in [0.5, 0.6) is 5.75 Å². The van der Waals surface area contributed by atoms with Crippen LogP contribution >= 0.6 is 0 Å². The third-order valence-electron chi connectivity index (χ3n) is 4.59. The van der Waals surface area contributed by atoms with E-state index >= 15 is 0 Å². The Labute approximate surface area is 153 Å². The normalized spacial score (nSPS) is 12.3. The predicted molar refractivity (Wildman–Crippen MR) is 103 cm³/mol. The highest BCUT2D eigenvalue weighted by Crippen LogP contribution is 2.29. The number of rotatable bonds is 8. The van der Waals surface area contributed by atoms with E-state index in [9.17, 15) is 9.50 Å². The zero-order valence-corrected chi connectivity index (χ0v) is 14.9. The summed E-state index contributed by atoms with van der Waals surface area (Å²) in [6.45, 7) is 3.14. The minimum absolute atomic E-state index is 0.0546. The molecular formula is C22H24FNO2. The summed E-state index contributed by atoms with van der Waals surface area (Å²) >= 11 is 0. The summed E-state index contributed by atoms with van der Waals surface area (Å²) in [6.07, 6.45) is 0.854. The molecule has 136 valence electrons. The fourth-order valence-corrected chi connectivity index (χ4v) is 2.96. The molecule has 0 unspecified atom stereocenters. The molecule has 3 aromatic rings. The van der Waals surface area contributed by atoms with Crippen LogP contribution in [0.2, 0.25) is 0 Å². The lowest BCUT2D eigenvalue weighted by molar-refractivity contribution is 0.237. The largest absolute Gasteiger partial charge is 0.489 e. The lowest BCUT2D eigenvalue weighted by Crippen LogP contribution is -2.31. The second-order valence-corrected chi connectivity index (χ2v) is 6.35. The van der Waals surface area contributed by atoms with E-state index in [1.165, 1.54) is 12.1 Å². The highest BCUT2D eigenvalue weighted by Gasteiger charge is 2.11. The number of aliphatic hydroxyl groups is 1. The standard InChI is InChI=1S/C22H24FNO2/c1-2-19(14-25)24-13-21-20-6-4-3-5-17(20)9-12-22(21)26-15-16-7-10-18(23)11-8-16/h3-12,19,24-25H,2,13-15H2,1H3/t19-/m0/s1. The van der Waals surface area contributed by atoms with E-state index in [1.54, 1.807) is 12.1 Å². The molecule has 0 saturated carbocycles. The molecule has 0 aliphatic rings. The van der Waals surface area contributed by atoms with E-state index in [0.717, 1.165) is 34.1 Å². The average Bonchev–Trinajstić information content (AvgIpc) is 2.68. The minimum atomic E-state index is -0.251. The summed E-state index contributed by atoms with van der Waals surface area (Å²) in [7, 11) is 0. The van der Waals surface area contributed by atoms with E-state index in [1.807, 2.05) is 31.2 Å². The zero-order chi connectivity index (χ0) is 18.4.